The summed E-state index contributed by atoms with van der Waals surface area (Å²) in [5.74, 6) is -0.329. The first-order chi connectivity index (χ1) is 16.2. The fraction of sp³-hybridized carbons (Fsp3) is 0.222. The van der Waals surface area contributed by atoms with E-state index in [2.05, 4.69) is 10.4 Å². The van der Waals surface area contributed by atoms with Crippen LogP contribution in [0.15, 0.2) is 77.6 Å². The highest BCUT2D eigenvalue weighted by Crippen LogP contribution is 2.25. The van der Waals surface area contributed by atoms with Gasteiger partial charge in [-0.25, -0.2) is 13.9 Å². The molecule has 4 aromatic rings. The van der Waals surface area contributed by atoms with Gasteiger partial charge in [-0.3, -0.25) is 4.79 Å². The molecule has 0 aliphatic carbocycles. The summed E-state index contributed by atoms with van der Waals surface area (Å²) in [7, 11) is 0. The summed E-state index contributed by atoms with van der Waals surface area (Å²) >= 11 is 0. The minimum absolute atomic E-state index is 0.207. The maximum Gasteiger partial charge on any atom is 0.407 e. The molecule has 7 heteroatoms. The number of hydrogen-bond acceptors (Lipinski definition) is 4. The molecule has 0 saturated carbocycles. The van der Waals surface area contributed by atoms with Crippen molar-refractivity contribution in [1.82, 2.24) is 15.1 Å². The highest BCUT2D eigenvalue weighted by atomic mass is 19.1. The predicted octanol–water partition coefficient (Wildman–Crippen LogP) is 5.28. The Hall–Kier alpha value is -4.00. The Labute approximate surface area is 197 Å². The zero-order chi connectivity index (χ0) is 24.3. The van der Waals surface area contributed by atoms with Crippen LogP contribution in [0.5, 0.6) is 0 Å². The third-order valence-electron chi connectivity index (χ3n) is 5.18. The largest absolute Gasteiger partial charge is 0.444 e. The van der Waals surface area contributed by atoms with Crippen LogP contribution in [0.4, 0.5) is 9.18 Å². The van der Waals surface area contributed by atoms with Gasteiger partial charge in [-0.1, -0.05) is 54.6 Å². The van der Waals surface area contributed by atoms with Gasteiger partial charge in [0.05, 0.1) is 17.6 Å². The molecule has 0 atom stereocenters. The lowest BCUT2D eigenvalue weighted by Gasteiger charge is -2.19. The molecule has 1 aromatic heterocycles. The molecule has 1 amide bonds. The molecule has 1 heterocycles. The lowest BCUT2D eigenvalue weighted by atomic mass is 10.0. The first-order valence-corrected chi connectivity index (χ1v) is 11.0. The lowest BCUT2D eigenvalue weighted by Crippen LogP contribution is -2.32. The lowest BCUT2D eigenvalue weighted by molar-refractivity contribution is 0.0523. The Morgan fingerprint density at radius 1 is 0.941 bits per heavy atom. The normalized spacial score (nSPS) is 11.4. The monoisotopic (exact) mass is 459 g/mol. The quantitative estimate of drug-likeness (QED) is 0.441. The maximum absolute atomic E-state index is 13.3. The Balaban J connectivity index is 1.63. The summed E-state index contributed by atoms with van der Waals surface area (Å²) in [4.78, 5) is 25.0. The molecule has 0 spiro atoms. The van der Waals surface area contributed by atoms with Gasteiger partial charge in [0.15, 0.2) is 0 Å². The van der Waals surface area contributed by atoms with Gasteiger partial charge < -0.3 is 10.1 Å². The molecule has 0 aliphatic rings. The van der Waals surface area contributed by atoms with Crippen LogP contribution in [0, 0.1) is 5.82 Å². The van der Waals surface area contributed by atoms with E-state index in [1.807, 2.05) is 63.2 Å². The summed E-state index contributed by atoms with van der Waals surface area (Å²) in [5, 5.41) is 8.71. The number of carbonyl (C=O) groups is 1. The van der Waals surface area contributed by atoms with E-state index >= 15 is 0 Å². The summed E-state index contributed by atoms with van der Waals surface area (Å²) in [6, 6.07) is 21.0. The van der Waals surface area contributed by atoms with E-state index in [1.165, 1.54) is 16.8 Å². The highest BCUT2D eigenvalue weighted by Gasteiger charge is 2.16. The van der Waals surface area contributed by atoms with Crippen molar-refractivity contribution >= 4 is 16.9 Å². The number of aromatic nitrogens is 2. The van der Waals surface area contributed by atoms with Crippen molar-refractivity contribution in [3.8, 4) is 11.3 Å². The minimum Gasteiger partial charge on any atom is -0.444 e. The molecule has 0 fully saturated rings. The molecule has 0 aliphatic heterocycles. The predicted molar refractivity (Wildman–Crippen MR) is 130 cm³/mol. The Bertz CT molecular complexity index is 1370. The number of rotatable bonds is 5. The molecule has 174 valence electrons. The van der Waals surface area contributed by atoms with E-state index in [4.69, 9.17) is 4.74 Å². The Morgan fingerprint density at radius 3 is 2.21 bits per heavy atom. The molecule has 0 radical (unpaired) electrons. The van der Waals surface area contributed by atoms with Crippen molar-refractivity contribution in [3.05, 3.63) is 100 Å². The summed E-state index contributed by atoms with van der Waals surface area (Å²) in [5.41, 5.74) is 2.42. The van der Waals surface area contributed by atoms with Crippen LogP contribution in [0.3, 0.4) is 0 Å². The SMILES string of the molecule is CC(C)(C)OC(=O)NCc1ccc(-c2nn(Cc3ccc(F)cc3)c(=O)c3ccccc23)cc1. The van der Waals surface area contributed by atoms with Gasteiger partial charge in [0.1, 0.15) is 11.4 Å². The molecular formula is C27H26FN3O3. The molecule has 34 heavy (non-hydrogen) atoms. The van der Waals surface area contributed by atoms with Crippen molar-refractivity contribution in [3.63, 3.8) is 0 Å². The van der Waals surface area contributed by atoms with Crippen LogP contribution in [0.25, 0.3) is 22.0 Å². The van der Waals surface area contributed by atoms with Gasteiger partial charge in [0.25, 0.3) is 5.56 Å². The van der Waals surface area contributed by atoms with Gasteiger partial charge in [-0.05, 0) is 50.1 Å². The number of nitrogens with zero attached hydrogens (tertiary/aromatic N) is 2. The van der Waals surface area contributed by atoms with E-state index in [0.717, 1.165) is 22.1 Å². The van der Waals surface area contributed by atoms with E-state index < -0.39 is 11.7 Å². The van der Waals surface area contributed by atoms with Crippen molar-refractivity contribution in [2.45, 2.75) is 39.5 Å². The van der Waals surface area contributed by atoms with Crippen LogP contribution < -0.4 is 10.9 Å². The van der Waals surface area contributed by atoms with Crippen molar-refractivity contribution < 1.29 is 13.9 Å². The second-order valence-electron chi connectivity index (χ2n) is 9.04. The highest BCUT2D eigenvalue weighted by molar-refractivity contribution is 5.93. The molecular weight excluding hydrogens is 433 g/mol. The van der Waals surface area contributed by atoms with Gasteiger partial charge in [-0.2, -0.15) is 5.10 Å². The van der Waals surface area contributed by atoms with Crippen LogP contribution in [0.1, 0.15) is 31.9 Å². The third kappa shape index (κ3) is 5.49. The summed E-state index contributed by atoms with van der Waals surface area (Å²) < 4.78 is 20.0. The zero-order valence-electron chi connectivity index (χ0n) is 19.3. The number of benzene rings is 3. The van der Waals surface area contributed by atoms with Crippen molar-refractivity contribution in [2.75, 3.05) is 0 Å². The average Bonchev–Trinajstić information content (AvgIpc) is 2.80. The second-order valence-corrected chi connectivity index (χ2v) is 9.04. The van der Waals surface area contributed by atoms with Crippen LogP contribution in [-0.2, 0) is 17.8 Å². The number of amides is 1. The molecule has 3 aromatic carbocycles. The minimum atomic E-state index is -0.558. The van der Waals surface area contributed by atoms with Crippen LogP contribution in [-0.4, -0.2) is 21.5 Å². The first kappa shape index (κ1) is 23.2. The topological polar surface area (TPSA) is 73.2 Å². The fourth-order valence-electron chi connectivity index (χ4n) is 3.59. The van der Waals surface area contributed by atoms with E-state index in [0.29, 0.717) is 17.6 Å². The van der Waals surface area contributed by atoms with Gasteiger partial charge >= 0.3 is 6.09 Å². The molecule has 0 saturated heterocycles. The fourth-order valence-corrected chi connectivity index (χ4v) is 3.59. The average molecular weight is 460 g/mol. The zero-order valence-corrected chi connectivity index (χ0v) is 19.3. The molecule has 0 bridgehead atoms. The molecule has 6 nitrogen and oxygen atoms in total. The second kappa shape index (κ2) is 9.47. The smallest absolute Gasteiger partial charge is 0.407 e. The number of carbonyl (C=O) groups excluding carboxylic acids is 1. The van der Waals surface area contributed by atoms with Crippen LogP contribution >= 0.6 is 0 Å². The standard InChI is InChI=1S/C27H26FN3O3/c1-27(2,3)34-26(33)29-16-18-8-12-20(13-9-18)24-22-6-4-5-7-23(22)25(32)31(30-24)17-19-10-14-21(28)15-11-19/h4-15H,16-17H2,1-3H3,(H,29,33). The Kier molecular flexibility index (Phi) is 6.45. The number of halogens is 1. The number of ether oxygens (including phenoxy) is 1. The van der Waals surface area contributed by atoms with Gasteiger partial charge in [0.2, 0.25) is 0 Å². The van der Waals surface area contributed by atoms with E-state index in [1.54, 1.807) is 18.2 Å². The van der Waals surface area contributed by atoms with Crippen molar-refractivity contribution in [1.29, 1.82) is 0 Å². The molecule has 4 rings (SSSR count). The number of fused-ring (bicyclic) bond motifs is 1. The molecule has 0 unspecified atom stereocenters. The summed E-state index contributed by atoms with van der Waals surface area (Å²) in [6.45, 7) is 6.00. The van der Waals surface area contributed by atoms with E-state index in [-0.39, 0.29) is 17.9 Å². The van der Waals surface area contributed by atoms with Gasteiger partial charge in [-0.15, -0.1) is 0 Å². The van der Waals surface area contributed by atoms with Gasteiger partial charge in [0, 0.05) is 17.5 Å². The summed E-state index contributed by atoms with van der Waals surface area (Å²) in [6.07, 6.45) is -0.475. The van der Waals surface area contributed by atoms with Crippen LogP contribution in [0.2, 0.25) is 0 Å². The number of hydrogen-bond donors (Lipinski definition) is 1. The number of nitrogens with one attached hydrogen (secondary N) is 1. The van der Waals surface area contributed by atoms with E-state index in [9.17, 15) is 14.0 Å². The third-order valence-corrected chi connectivity index (χ3v) is 5.18. The molecule has 1 N–H and O–H groups in total. The Morgan fingerprint density at radius 2 is 1.56 bits per heavy atom. The van der Waals surface area contributed by atoms with Crippen molar-refractivity contribution in [2.24, 2.45) is 0 Å². The maximum atomic E-state index is 13.3. The number of alkyl carbamates (subject to hydrolysis) is 1. The first-order valence-electron chi connectivity index (χ1n) is 11.0.